The van der Waals surface area contributed by atoms with Gasteiger partial charge in [-0.15, -0.1) is 0 Å². The van der Waals surface area contributed by atoms with Gasteiger partial charge in [-0.1, -0.05) is 18.2 Å². The molecule has 9 nitrogen and oxygen atoms in total. The first-order valence-electron chi connectivity index (χ1n) is 11.3. The van der Waals surface area contributed by atoms with Gasteiger partial charge in [0, 0.05) is 24.7 Å². The summed E-state index contributed by atoms with van der Waals surface area (Å²) in [6, 6.07) is 13.5. The van der Waals surface area contributed by atoms with Gasteiger partial charge in [0.15, 0.2) is 5.82 Å². The molecule has 0 radical (unpaired) electrons. The molecular weight excluding hydrogens is 509 g/mol. The van der Waals surface area contributed by atoms with E-state index >= 15 is 0 Å². The predicted octanol–water partition coefficient (Wildman–Crippen LogP) is 3.46. The van der Waals surface area contributed by atoms with Gasteiger partial charge in [-0.25, -0.2) is 13.4 Å². The number of hydrogen-bond donors (Lipinski definition) is 4. The van der Waals surface area contributed by atoms with E-state index in [1.165, 1.54) is 22.5 Å². The number of aliphatic hydroxyl groups is 1. The summed E-state index contributed by atoms with van der Waals surface area (Å²) in [7, 11) is -3.87. The van der Waals surface area contributed by atoms with Crippen LogP contribution in [0.1, 0.15) is 12.0 Å². The number of rotatable bonds is 5. The van der Waals surface area contributed by atoms with Gasteiger partial charge in [0.05, 0.1) is 28.1 Å². The zero-order chi connectivity index (χ0) is 26.4. The molecule has 1 aliphatic heterocycles. The zero-order valence-corrected chi connectivity index (χ0v) is 20.1. The van der Waals surface area contributed by atoms with Gasteiger partial charge in [-0.05, 0) is 53.9 Å². The highest BCUT2D eigenvalue weighted by Crippen LogP contribution is 2.30. The second kappa shape index (κ2) is 9.32. The third kappa shape index (κ3) is 4.97. The smallest absolute Gasteiger partial charge is 0.390 e. The van der Waals surface area contributed by atoms with E-state index < -0.39 is 33.9 Å². The quantitative estimate of drug-likeness (QED) is 0.309. The molecule has 1 saturated heterocycles. The summed E-state index contributed by atoms with van der Waals surface area (Å²) in [5, 5.41) is 21.1. The molecular formula is C24H23F3N6O3S. The average molecular weight is 533 g/mol. The molecule has 0 aliphatic carbocycles. The molecule has 0 bridgehead atoms. The number of fused-ring (bicyclic) bond motifs is 1. The Labute approximate surface area is 210 Å². The van der Waals surface area contributed by atoms with Crippen LogP contribution < -0.4 is 11.1 Å². The number of halogens is 3. The number of pyridine rings is 1. The van der Waals surface area contributed by atoms with E-state index in [0.717, 1.165) is 28.1 Å². The van der Waals surface area contributed by atoms with Gasteiger partial charge >= 0.3 is 6.18 Å². The Balaban J connectivity index is 1.26. The number of aromatic amines is 1. The Morgan fingerprint density at radius 2 is 1.81 bits per heavy atom. The van der Waals surface area contributed by atoms with Crippen LogP contribution in [-0.2, 0) is 16.2 Å². The van der Waals surface area contributed by atoms with Gasteiger partial charge in [-0.3, -0.25) is 5.10 Å². The molecule has 0 saturated carbocycles. The lowest BCUT2D eigenvalue weighted by Gasteiger charge is -2.35. The number of nitrogens with one attached hydrogen (secondary N) is 2. The number of hydrogen-bond acceptors (Lipinski definition) is 7. The summed E-state index contributed by atoms with van der Waals surface area (Å²) in [6.07, 6.45) is -4.63. The SMILES string of the molecule is Nc1n[nH]c2ccc(-c3ccc(S(=O)(=O)N4CC[C@@H](Nc5ccc(C(F)(F)F)cn5)[C@@H](O)C4)cc3)cc12. The lowest BCUT2D eigenvalue weighted by molar-refractivity contribution is -0.137. The zero-order valence-electron chi connectivity index (χ0n) is 19.3. The first-order valence-corrected chi connectivity index (χ1v) is 12.8. The number of aromatic nitrogens is 3. The molecule has 2 atom stereocenters. The van der Waals surface area contributed by atoms with Crippen LogP contribution in [0.3, 0.4) is 0 Å². The number of β-amino-alcohol motifs (C(OH)–C–C–N with tert-alkyl or cyclic N) is 1. The maximum absolute atomic E-state index is 13.2. The van der Waals surface area contributed by atoms with Crippen LogP contribution in [0.25, 0.3) is 22.0 Å². The first kappa shape index (κ1) is 25.0. The number of benzene rings is 2. The van der Waals surface area contributed by atoms with Crippen molar-refractivity contribution in [3.05, 3.63) is 66.4 Å². The van der Waals surface area contributed by atoms with E-state index in [0.29, 0.717) is 12.0 Å². The van der Waals surface area contributed by atoms with Crippen molar-refractivity contribution < 1.29 is 26.7 Å². The molecule has 0 unspecified atom stereocenters. The number of piperidine rings is 1. The third-order valence-corrected chi connectivity index (χ3v) is 8.27. The van der Waals surface area contributed by atoms with Gasteiger partial charge < -0.3 is 16.2 Å². The van der Waals surface area contributed by atoms with Gasteiger partial charge in [0.1, 0.15) is 5.82 Å². The van der Waals surface area contributed by atoms with Gasteiger partial charge in [0.25, 0.3) is 0 Å². The summed E-state index contributed by atoms with van der Waals surface area (Å²) in [4.78, 5) is 3.84. The maximum atomic E-state index is 13.2. The molecule has 2 aromatic heterocycles. The fraction of sp³-hybridized carbons (Fsp3) is 0.250. The number of sulfonamides is 1. The Bertz CT molecular complexity index is 1520. The van der Waals surface area contributed by atoms with Crippen LogP contribution in [0.15, 0.2) is 65.7 Å². The topological polar surface area (TPSA) is 137 Å². The summed E-state index contributed by atoms with van der Waals surface area (Å²) in [6.45, 7) is -0.0469. The van der Waals surface area contributed by atoms with E-state index in [4.69, 9.17) is 5.73 Å². The highest BCUT2D eigenvalue weighted by atomic mass is 32.2. The predicted molar refractivity (Wildman–Crippen MR) is 132 cm³/mol. The Kier molecular flexibility index (Phi) is 6.30. The van der Waals surface area contributed by atoms with Crippen molar-refractivity contribution in [3.8, 4) is 11.1 Å². The molecule has 3 heterocycles. The van der Waals surface area contributed by atoms with Crippen LogP contribution in [0.5, 0.6) is 0 Å². The van der Waals surface area contributed by atoms with Crippen molar-refractivity contribution in [2.75, 3.05) is 24.1 Å². The number of alkyl halides is 3. The van der Waals surface area contributed by atoms with E-state index in [1.807, 2.05) is 18.2 Å². The van der Waals surface area contributed by atoms with E-state index in [2.05, 4.69) is 20.5 Å². The number of aliphatic hydroxyl groups excluding tert-OH is 1. The minimum atomic E-state index is -4.50. The first-order chi connectivity index (χ1) is 17.5. The van der Waals surface area contributed by atoms with Gasteiger partial charge in [0.2, 0.25) is 10.0 Å². The van der Waals surface area contributed by atoms with E-state index in [1.54, 1.807) is 12.1 Å². The second-order valence-corrected chi connectivity index (χ2v) is 10.7. The Morgan fingerprint density at radius 3 is 2.46 bits per heavy atom. The van der Waals surface area contributed by atoms with Crippen molar-refractivity contribution >= 4 is 32.6 Å². The maximum Gasteiger partial charge on any atom is 0.417 e. The number of nitrogen functional groups attached to an aromatic ring is 1. The molecule has 5 rings (SSSR count). The Morgan fingerprint density at radius 1 is 1.08 bits per heavy atom. The fourth-order valence-corrected chi connectivity index (χ4v) is 5.78. The Hall–Kier alpha value is -3.68. The van der Waals surface area contributed by atoms with Crippen LogP contribution in [0, 0.1) is 0 Å². The molecule has 2 aromatic carbocycles. The van der Waals surface area contributed by atoms with Crippen molar-refractivity contribution in [2.24, 2.45) is 0 Å². The van der Waals surface area contributed by atoms with E-state index in [9.17, 15) is 26.7 Å². The van der Waals surface area contributed by atoms with E-state index in [-0.39, 0.29) is 30.2 Å². The molecule has 1 aliphatic rings. The summed E-state index contributed by atoms with van der Waals surface area (Å²) in [5.41, 5.74) is 7.45. The minimum Gasteiger partial charge on any atom is -0.390 e. The fourth-order valence-electron chi connectivity index (χ4n) is 4.31. The van der Waals surface area contributed by atoms with Crippen molar-refractivity contribution in [2.45, 2.75) is 29.6 Å². The summed E-state index contributed by atoms with van der Waals surface area (Å²) < 4.78 is 65.8. The molecule has 0 spiro atoms. The lowest BCUT2D eigenvalue weighted by Crippen LogP contribution is -2.51. The number of H-pyrrole nitrogens is 1. The number of anilines is 2. The standard InChI is InChI=1S/C24H23F3N6O3S/c25-24(26,27)16-4-8-22(29-12-16)30-20-9-10-33(13-21(20)34)37(35,36)17-5-1-14(2-6-17)15-3-7-19-18(11-15)23(28)32-31-19/h1-8,11-12,20-21,34H,9-10,13H2,(H,29,30)(H3,28,31,32)/t20-,21+/m1/s1. The number of nitrogens with two attached hydrogens (primary N) is 1. The van der Waals surface area contributed by atoms with Gasteiger partial charge in [-0.2, -0.15) is 22.6 Å². The highest BCUT2D eigenvalue weighted by Gasteiger charge is 2.35. The molecule has 4 aromatic rings. The van der Waals surface area contributed by atoms with Crippen molar-refractivity contribution in [3.63, 3.8) is 0 Å². The largest absolute Gasteiger partial charge is 0.417 e. The van der Waals surface area contributed by atoms with Crippen LogP contribution >= 0.6 is 0 Å². The average Bonchev–Trinajstić information content (AvgIpc) is 3.25. The molecule has 194 valence electrons. The monoisotopic (exact) mass is 532 g/mol. The lowest BCUT2D eigenvalue weighted by atomic mass is 10.0. The highest BCUT2D eigenvalue weighted by molar-refractivity contribution is 7.89. The van der Waals surface area contributed by atoms with Crippen molar-refractivity contribution in [1.29, 1.82) is 0 Å². The normalized spacial score (nSPS) is 19.2. The summed E-state index contributed by atoms with van der Waals surface area (Å²) >= 11 is 0. The van der Waals surface area contributed by atoms with Crippen LogP contribution in [0.2, 0.25) is 0 Å². The van der Waals surface area contributed by atoms with Crippen molar-refractivity contribution in [1.82, 2.24) is 19.5 Å². The summed E-state index contributed by atoms with van der Waals surface area (Å²) in [5.74, 6) is 0.543. The molecule has 1 fully saturated rings. The second-order valence-electron chi connectivity index (χ2n) is 8.79. The molecule has 0 amide bonds. The van der Waals surface area contributed by atoms with Crippen LogP contribution in [-0.4, -0.2) is 58.2 Å². The molecule has 37 heavy (non-hydrogen) atoms. The molecule has 5 N–H and O–H groups in total. The van der Waals surface area contributed by atoms with Crippen LogP contribution in [0.4, 0.5) is 24.8 Å². The minimum absolute atomic E-state index is 0.0863. The number of nitrogens with zero attached hydrogens (tertiary/aromatic N) is 3. The third-order valence-electron chi connectivity index (χ3n) is 6.39. The molecule has 13 heteroatoms.